The van der Waals surface area contributed by atoms with Crippen molar-refractivity contribution in [3.8, 4) is 56.3 Å². The fourth-order valence-electron chi connectivity index (χ4n) is 8.48. The van der Waals surface area contributed by atoms with Crippen molar-refractivity contribution in [1.29, 1.82) is 0 Å². The van der Waals surface area contributed by atoms with Crippen LogP contribution in [-0.4, -0.2) is 15.0 Å². The van der Waals surface area contributed by atoms with Crippen LogP contribution in [0.5, 0.6) is 0 Å². The van der Waals surface area contributed by atoms with Crippen LogP contribution in [-0.2, 0) is 0 Å². The van der Waals surface area contributed by atoms with E-state index in [4.69, 9.17) is 23.8 Å². The van der Waals surface area contributed by atoms with Crippen LogP contribution in [0.25, 0.3) is 122 Å². The minimum Gasteiger partial charge on any atom is -0.456 e. The predicted octanol–water partition coefficient (Wildman–Crippen LogP) is 14.3. The zero-order valence-corrected chi connectivity index (χ0v) is 31.1. The second-order valence-corrected chi connectivity index (χ2v) is 14.7. The minimum atomic E-state index is 0.671. The van der Waals surface area contributed by atoms with Crippen LogP contribution in [0.2, 0.25) is 0 Å². The van der Waals surface area contributed by atoms with Crippen LogP contribution in [0.1, 0.15) is 0 Å². The molecule has 0 N–H and O–H groups in total. The Hall–Kier alpha value is -7.89. The van der Waals surface area contributed by atoms with Gasteiger partial charge in [-0.25, -0.2) is 15.0 Å². The maximum Gasteiger partial charge on any atom is 0.161 e. The molecule has 0 spiro atoms. The molecule has 12 rings (SSSR count). The highest BCUT2D eigenvalue weighted by Crippen LogP contribution is 2.40. The maximum absolute atomic E-state index is 6.36. The Labute approximate surface area is 332 Å². The summed E-state index contributed by atoms with van der Waals surface area (Å²) in [5.41, 5.74) is 13.1. The van der Waals surface area contributed by atoms with Gasteiger partial charge in [-0.3, -0.25) is 0 Å². The zero-order chi connectivity index (χ0) is 38.2. The zero-order valence-electron chi connectivity index (χ0n) is 31.1. The number of hydrogen-bond acceptors (Lipinski definition) is 5. The number of para-hydroxylation sites is 2. The molecule has 12 aromatic rings. The molecule has 58 heavy (non-hydrogen) atoms. The third-order valence-electron chi connectivity index (χ3n) is 11.3. The molecule has 0 unspecified atom stereocenters. The van der Waals surface area contributed by atoms with Gasteiger partial charge in [0.25, 0.3) is 0 Å². The smallest absolute Gasteiger partial charge is 0.161 e. The SMILES string of the molecule is c1ccc(-c2nc(-c3cccc(-c4nc5c6ccccc6oc5c5ccccc45)c3)cc(-c3ccc4cc(-c5cccc6oc7ccccc7c56)ccc4c3)n2)cc1. The van der Waals surface area contributed by atoms with Crippen LogP contribution in [0.15, 0.2) is 197 Å². The highest BCUT2D eigenvalue weighted by molar-refractivity contribution is 6.16. The molecule has 0 aliphatic carbocycles. The van der Waals surface area contributed by atoms with Crippen molar-refractivity contribution in [2.45, 2.75) is 0 Å². The summed E-state index contributed by atoms with van der Waals surface area (Å²) in [6, 6.07) is 65.1. The highest BCUT2D eigenvalue weighted by atomic mass is 16.3. The van der Waals surface area contributed by atoms with Gasteiger partial charge >= 0.3 is 0 Å². The first-order valence-corrected chi connectivity index (χ1v) is 19.4. The lowest BCUT2D eigenvalue weighted by Crippen LogP contribution is -1.96. The molecular formula is C53H31N3O2. The Morgan fingerprint density at radius 2 is 0.931 bits per heavy atom. The molecule has 0 saturated heterocycles. The summed E-state index contributed by atoms with van der Waals surface area (Å²) in [5.74, 6) is 0.671. The number of nitrogens with zero attached hydrogens (tertiary/aromatic N) is 3. The van der Waals surface area contributed by atoms with E-state index in [1.165, 1.54) is 0 Å². The lowest BCUT2D eigenvalue weighted by atomic mass is 9.96. The molecule has 0 radical (unpaired) electrons. The normalized spacial score (nSPS) is 11.8. The summed E-state index contributed by atoms with van der Waals surface area (Å²) in [7, 11) is 0. The van der Waals surface area contributed by atoms with Crippen molar-refractivity contribution in [2.75, 3.05) is 0 Å². The fourth-order valence-corrected chi connectivity index (χ4v) is 8.48. The van der Waals surface area contributed by atoms with Gasteiger partial charge in [0.05, 0.1) is 17.1 Å². The van der Waals surface area contributed by atoms with Crippen molar-refractivity contribution < 1.29 is 8.83 Å². The lowest BCUT2D eigenvalue weighted by molar-refractivity contribution is 0.669. The molecule has 0 atom stereocenters. The van der Waals surface area contributed by atoms with Gasteiger partial charge in [-0.1, -0.05) is 140 Å². The van der Waals surface area contributed by atoms with E-state index in [-0.39, 0.29) is 0 Å². The molecule has 8 aromatic carbocycles. The largest absolute Gasteiger partial charge is 0.456 e. The molecule has 270 valence electrons. The Bertz CT molecular complexity index is 3580. The van der Waals surface area contributed by atoms with Gasteiger partial charge in [-0.05, 0) is 70.4 Å². The second kappa shape index (κ2) is 12.8. The van der Waals surface area contributed by atoms with Crippen LogP contribution in [0.3, 0.4) is 0 Å². The standard InChI is InChI=1S/C53H31N3O2/c1-2-12-32(13-3-1)53-54-44(36-14-10-15-38(30-36)50-40-16-4-5-17-41(40)52-51(56-50)43-19-7-9-22-47(43)58-52)31-45(55-53)37-27-25-33-28-35(26-24-34(33)29-37)39-20-11-23-48-49(39)42-18-6-8-21-46(42)57-48/h1-31H. The number of furan rings is 2. The third kappa shape index (κ3) is 5.21. The number of pyridine rings is 1. The van der Waals surface area contributed by atoms with E-state index in [0.29, 0.717) is 5.82 Å². The number of benzene rings is 8. The average Bonchev–Trinajstić information content (AvgIpc) is 3.87. The number of rotatable bonds is 5. The Morgan fingerprint density at radius 1 is 0.345 bits per heavy atom. The molecule has 4 aromatic heterocycles. The predicted molar refractivity (Wildman–Crippen MR) is 237 cm³/mol. The first-order valence-electron chi connectivity index (χ1n) is 19.4. The molecule has 0 bridgehead atoms. The second-order valence-electron chi connectivity index (χ2n) is 14.7. The van der Waals surface area contributed by atoms with Gasteiger partial charge in [0, 0.05) is 49.2 Å². The summed E-state index contributed by atoms with van der Waals surface area (Å²) >= 11 is 0. The van der Waals surface area contributed by atoms with Gasteiger partial charge < -0.3 is 8.83 Å². The van der Waals surface area contributed by atoms with Gasteiger partial charge in [-0.2, -0.15) is 0 Å². The van der Waals surface area contributed by atoms with Crippen molar-refractivity contribution in [1.82, 2.24) is 15.0 Å². The quantitative estimate of drug-likeness (QED) is 0.176. The third-order valence-corrected chi connectivity index (χ3v) is 11.3. The molecule has 5 nitrogen and oxygen atoms in total. The highest BCUT2D eigenvalue weighted by Gasteiger charge is 2.18. The summed E-state index contributed by atoms with van der Waals surface area (Å²) in [6.45, 7) is 0. The first kappa shape index (κ1) is 32.4. The number of aromatic nitrogens is 3. The Balaban J connectivity index is 0.981. The van der Waals surface area contributed by atoms with Gasteiger partial charge in [0.1, 0.15) is 22.3 Å². The first-order chi connectivity index (χ1) is 28.7. The monoisotopic (exact) mass is 741 g/mol. The van der Waals surface area contributed by atoms with Crippen molar-refractivity contribution in [3.05, 3.63) is 188 Å². The molecule has 0 aliphatic heterocycles. The van der Waals surface area contributed by atoms with E-state index in [9.17, 15) is 0 Å². The molecule has 4 heterocycles. The Morgan fingerprint density at radius 3 is 1.74 bits per heavy atom. The van der Waals surface area contributed by atoms with Crippen LogP contribution in [0, 0.1) is 0 Å². The van der Waals surface area contributed by atoms with Crippen LogP contribution in [0.4, 0.5) is 0 Å². The van der Waals surface area contributed by atoms with E-state index in [0.717, 1.165) is 116 Å². The summed E-state index contributed by atoms with van der Waals surface area (Å²) < 4.78 is 12.6. The van der Waals surface area contributed by atoms with Crippen molar-refractivity contribution >= 4 is 65.6 Å². The topological polar surface area (TPSA) is 65.0 Å². The fraction of sp³-hybridized carbons (Fsp3) is 0. The minimum absolute atomic E-state index is 0.671. The van der Waals surface area contributed by atoms with Crippen molar-refractivity contribution in [3.63, 3.8) is 0 Å². The number of fused-ring (bicyclic) bond motifs is 9. The molecule has 0 aliphatic rings. The van der Waals surface area contributed by atoms with E-state index in [1.54, 1.807) is 0 Å². The maximum atomic E-state index is 6.36. The molecule has 5 heteroatoms. The average molecular weight is 742 g/mol. The Kier molecular flexibility index (Phi) is 7.16. The summed E-state index contributed by atoms with van der Waals surface area (Å²) in [5, 5.41) is 7.63. The molecule has 0 fully saturated rings. The molecular weight excluding hydrogens is 711 g/mol. The van der Waals surface area contributed by atoms with E-state index < -0.39 is 0 Å². The van der Waals surface area contributed by atoms with E-state index in [2.05, 4.69) is 133 Å². The van der Waals surface area contributed by atoms with Gasteiger partial charge in [0.2, 0.25) is 0 Å². The number of hydrogen-bond donors (Lipinski definition) is 0. The summed E-state index contributed by atoms with van der Waals surface area (Å²) in [6.07, 6.45) is 0. The van der Waals surface area contributed by atoms with E-state index in [1.807, 2.05) is 54.6 Å². The van der Waals surface area contributed by atoms with Crippen molar-refractivity contribution in [2.24, 2.45) is 0 Å². The molecule has 0 amide bonds. The van der Waals surface area contributed by atoms with Gasteiger partial charge in [0.15, 0.2) is 11.4 Å². The van der Waals surface area contributed by atoms with Crippen LogP contribution >= 0.6 is 0 Å². The lowest BCUT2D eigenvalue weighted by Gasteiger charge is -2.12. The molecule has 0 saturated carbocycles. The summed E-state index contributed by atoms with van der Waals surface area (Å²) in [4.78, 5) is 15.6. The van der Waals surface area contributed by atoms with Crippen LogP contribution < -0.4 is 0 Å². The van der Waals surface area contributed by atoms with E-state index >= 15 is 0 Å². The van der Waals surface area contributed by atoms with Gasteiger partial charge in [-0.15, -0.1) is 0 Å².